The molecule has 0 bridgehead atoms. The number of sulfonamides is 1. The van der Waals surface area contributed by atoms with Gasteiger partial charge in [0, 0.05) is 3.57 Å². The molecular weight excluding hydrogens is 493 g/mol. The minimum Gasteiger partial charge on any atom is -0.494 e. The Bertz CT molecular complexity index is 942. The van der Waals surface area contributed by atoms with Crippen molar-refractivity contribution in [1.29, 1.82) is 0 Å². The van der Waals surface area contributed by atoms with E-state index in [1.807, 2.05) is 31.2 Å². The second-order valence-electron chi connectivity index (χ2n) is 5.94. The molecule has 2 rings (SSSR count). The molecule has 0 aliphatic heterocycles. The molecule has 7 nitrogen and oxygen atoms in total. The summed E-state index contributed by atoms with van der Waals surface area (Å²) in [6.07, 6.45) is 1.06. The van der Waals surface area contributed by atoms with Crippen molar-refractivity contribution in [3.63, 3.8) is 0 Å². The van der Waals surface area contributed by atoms with Gasteiger partial charge >= 0.3 is 0 Å². The Morgan fingerprint density at radius 3 is 2.29 bits per heavy atom. The molecule has 0 aliphatic rings. The first-order chi connectivity index (χ1) is 13.2. The zero-order chi connectivity index (χ0) is 20.7. The summed E-state index contributed by atoms with van der Waals surface area (Å²) in [4.78, 5) is 12.3. The summed E-state index contributed by atoms with van der Waals surface area (Å²) < 4.78 is 31.6. The van der Waals surface area contributed by atoms with Gasteiger partial charge in [0.05, 0.1) is 24.3 Å². The minimum atomic E-state index is -3.62. The van der Waals surface area contributed by atoms with Crippen molar-refractivity contribution < 1.29 is 17.9 Å². The summed E-state index contributed by atoms with van der Waals surface area (Å²) in [6, 6.07) is 14.2. The van der Waals surface area contributed by atoms with E-state index in [1.165, 1.54) is 0 Å². The lowest BCUT2D eigenvalue weighted by Gasteiger charge is -2.21. The second-order valence-corrected chi connectivity index (χ2v) is 9.09. The van der Waals surface area contributed by atoms with Gasteiger partial charge in [-0.15, -0.1) is 0 Å². The van der Waals surface area contributed by atoms with Gasteiger partial charge in [-0.05, 0) is 90.5 Å². The number of carbonyl (C=O) groups is 1. The lowest BCUT2D eigenvalue weighted by atomic mass is 10.1. The highest BCUT2D eigenvalue weighted by atomic mass is 127. The number of anilines is 1. The maximum absolute atomic E-state index is 12.3. The van der Waals surface area contributed by atoms with E-state index in [-0.39, 0.29) is 6.54 Å². The van der Waals surface area contributed by atoms with Crippen LogP contribution in [0.4, 0.5) is 5.69 Å². The van der Waals surface area contributed by atoms with E-state index in [1.54, 1.807) is 31.2 Å². The molecule has 1 N–H and O–H groups in total. The van der Waals surface area contributed by atoms with Crippen molar-refractivity contribution in [3.05, 3.63) is 57.7 Å². The normalized spacial score (nSPS) is 11.8. The number of nitrogens with one attached hydrogen (secondary N) is 1. The Morgan fingerprint density at radius 2 is 1.75 bits per heavy atom. The third kappa shape index (κ3) is 6.48. The highest BCUT2D eigenvalue weighted by Gasteiger charge is 2.20. The van der Waals surface area contributed by atoms with Crippen molar-refractivity contribution in [3.8, 4) is 5.75 Å². The number of ether oxygens (including phenoxy) is 1. The van der Waals surface area contributed by atoms with E-state index >= 15 is 0 Å². The van der Waals surface area contributed by atoms with Gasteiger partial charge in [-0.2, -0.15) is 5.10 Å². The molecule has 2 aromatic carbocycles. The lowest BCUT2D eigenvalue weighted by Crippen LogP contribution is -2.39. The highest BCUT2D eigenvalue weighted by molar-refractivity contribution is 14.1. The molecule has 0 unspecified atom stereocenters. The molecule has 9 heteroatoms. The fourth-order valence-electron chi connectivity index (χ4n) is 2.34. The zero-order valence-corrected chi connectivity index (χ0v) is 18.8. The monoisotopic (exact) mass is 515 g/mol. The van der Waals surface area contributed by atoms with Crippen molar-refractivity contribution >= 4 is 49.9 Å². The minimum absolute atomic E-state index is 0.362. The molecule has 1 amide bonds. The van der Waals surface area contributed by atoms with Crippen LogP contribution in [-0.4, -0.2) is 39.4 Å². The molecule has 0 aliphatic carbocycles. The molecule has 0 spiro atoms. The van der Waals surface area contributed by atoms with E-state index in [2.05, 4.69) is 33.1 Å². The summed E-state index contributed by atoms with van der Waals surface area (Å²) >= 11 is 2.13. The molecule has 0 heterocycles. The number of halogens is 1. The molecule has 150 valence electrons. The quantitative estimate of drug-likeness (QED) is 0.333. The summed E-state index contributed by atoms with van der Waals surface area (Å²) in [6.45, 7) is 3.88. The van der Waals surface area contributed by atoms with E-state index in [0.29, 0.717) is 18.0 Å². The Labute approximate surface area is 179 Å². The van der Waals surface area contributed by atoms with E-state index < -0.39 is 15.9 Å². The molecule has 28 heavy (non-hydrogen) atoms. The molecule has 2 aromatic rings. The van der Waals surface area contributed by atoms with Crippen LogP contribution in [0, 0.1) is 3.57 Å². The van der Waals surface area contributed by atoms with Crippen molar-refractivity contribution in [2.75, 3.05) is 23.7 Å². The Balaban J connectivity index is 2.07. The Morgan fingerprint density at radius 1 is 1.14 bits per heavy atom. The van der Waals surface area contributed by atoms with Crippen LogP contribution in [0.15, 0.2) is 53.6 Å². The zero-order valence-electron chi connectivity index (χ0n) is 15.8. The van der Waals surface area contributed by atoms with Crippen LogP contribution in [0.25, 0.3) is 0 Å². The van der Waals surface area contributed by atoms with Crippen molar-refractivity contribution in [2.45, 2.75) is 13.8 Å². The number of carbonyl (C=O) groups excluding carboxylic acids is 1. The van der Waals surface area contributed by atoms with Crippen LogP contribution in [0.3, 0.4) is 0 Å². The van der Waals surface area contributed by atoms with Gasteiger partial charge in [0.2, 0.25) is 10.0 Å². The van der Waals surface area contributed by atoms with Crippen LogP contribution >= 0.6 is 22.6 Å². The number of rotatable bonds is 8. The van der Waals surface area contributed by atoms with Gasteiger partial charge in [0.25, 0.3) is 5.91 Å². The van der Waals surface area contributed by atoms with Gasteiger partial charge in [-0.1, -0.05) is 0 Å². The number of hydrazone groups is 1. The molecule has 0 radical (unpaired) electrons. The van der Waals surface area contributed by atoms with E-state index in [4.69, 9.17) is 4.74 Å². The number of hydrogen-bond acceptors (Lipinski definition) is 5. The second kappa shape index (κ2) is 9.87. The van der Waals surface area contributed by atoms with Crippen LogP contribution < -0.4 is 14.5 Å². The maximum Gasteiger partial charge on any atom is 0.260 e. The van der Waals surface area contributed by atoms with Gasteiger partial charge in [-0.25, -0.2) is 13.8 Å². The summed E-state index contributed by atoms with van der Waals surface area (Å²) in [5, 5.41) is 4.07. The van der Waals surface area contributed by atoms with Crippen molar-refractivity contribution in [1.82, 2.24) is 5.43 Å². The molecule has 0 aromatic heterocycles. The fourth-order valence-corrected chi connectivity index (χ4v) is 3.56. The lowest BCUT2D eigenvalue weighted by molar-refractivity contribution is -0.119. The third-order valence-corrected chi connectivity index (χ3v) is 5.59. The molecular formula is C19H22IN3O4S. The molecule has 0 atom stereocenters. The Kier molecular flexibility index (Phi) is 7.81. The van der Waals surface area contributed by atoms with Crippen molar-refractivity contribution in [2.24, 2.45) is 5.10 Å². The standard InChI is InChI=1S/C19H22IN3O4S/c1-4-27-18-11-5-15(6-12-18)14(2)21-22-19(24)13-23(28(3,25)26)17-9-7-16(20)8-10-17/h5-12H,4,13H2,1-3H3,(H,22,24)/b21-14-. The third-order valence-electron chi connectivity index (χ3n) is 3.73. The first-order valence-electron chi connectivity index (χ1n) is 8.50. The summed E-state index contributed by atoms with van der Waals surface area (Å²) in [7, 11) is -3.62. The number of nitrogens with zero attached hydrogens (tertiary/aromatic N) is 2. The summed E-state index contributed by atoms with van der Waals surface area (Å²) in [5.74, 6) is 0.221. The molecule has 0 saturated heterocycles. The smallest absolute Gasteiger partial charge is 0.260 e. The Hall–Kier alpha value is -2.14. The molecule has 0 fully saturated rings. The van der Waals surface area contributed by atoms with Gasteiger partial charge in [0.1, 0.15) is 12.3 Å². The first kappa shape index (κ1) is 22.2. The van der Waals surface area contributed by atoms with Gasteiger partial charge in [0.15, 0.2) is 0 Å². The summed E-state index contributed by atoms with van der Waals surface area (Å²) in [5.41, 5.74) is 4.25. The van der Waals surface area contributed by atoms with Gasteiger partial charge < -0.3 is 4.74 Å². The van der Waals surface area contributed by atoms with Gasteiger partial charge in [-0.3, -0.25) is 9.10 Å². The topological polar surface area (TPSA) is 88.1 Å². The highest BCUT2D eigenvalue weighted by Crippen LogP contribution is 2.19. The maximum atomic E-state index is 12.3. The number of benzene rings is 2. The fraction of sp³-hybridized carbons (Fsp3) is 0.263. The average molecular weight is 515 g/mol. The van der Waals surface area contributed by atoms with E-state index in [0.717, 1.165) is 25.4 Å². The largest absolute Gasteiger partial charge is 0.494 e. The van der Waals surface area contributed by atoms with Crippen LogP contribution in [0.1, 0.15) is 19.4 Å². The van der Waals surface area contributed by atoms with Crippen LogP contribution in [0.2, 0.25) is 0 Å². The first-order valence-corrected chi connectivity index (χ1v) is 11.4. The predicted molar refractivity (Wildman–Crippen MR) is 119 cm³/mol. The van der Waals surface area contributed by atoms with Crippen LogP contribution in [0.5, 0.6) is 5.75 Å². The van der Waals surface area contributed by atoms with E-state index in [9.17, 15) is 13.2 Å². The predicted octanol–water partition coefficient (Wildman–Crippen LogP) is 3.00. The molecule has 0 saturated carbocycles. The SMILES string of the molecule is CCOc1ccc(/C(C)=N\NC(=O)CN(c2ccc(I)cc2)S(C)(=O)=O)cc1. The number of amides is 1. The van der Waals surface area contributed by atoms with Crippen LogP contribution in [-0.2, 0) is 14.8 Å². The number of hydrogen-bond donors (Lipinski definition) is 1. The average Bonchev–Trinajstić information content (AvgIpc) is 2.65.